The number of aromatic nitrogens is 4. The van der Waals surface area contributed by atoms with Crippen molar-refractivity contribution in [3.05, 3.63) is 101 Å². The van der Waals surface area contributed by atoms with Gasteiger partial charge in [-0.1, -0.05) is 30.3 Å². The van der Waals surface area contributed by atoms with Crippen molar-refractivity contribution in [3.63, 3.8) is 0 Å². The third kappa shape index (κ3) is 6.48. The summed E-state index contributed by atoms with van der Waals surface area (Å²) in [5, 5.41) is 31.9. The van der Waals surface area contributed by atoms with E-state index in [9.17, 15) is 39.1 Å². The van der Waals surface area contributed by atoms with Gasteiger partial charge in [0.2, 0.25) is 0 Å². The lowest BCUT2D eigenvalue weighted by Gasteiger charge is -2.29. The fourth-order valence-corrected chi connectivity index (χ4v) is 6.92. The monoisotopic (exact) mass is 636 g/mol. The van der Waals surface area contributed by atoms with Gasteiger partial charge >= 0.3 is 19.0 Å². The average molecular weight is 637 g/mol. The molecule has 5 N–H and O–H groups in total. The highest BCUT2D eigenvalue weighted by atomic mass is 31.2. The van der Waals surface area contributed by atoms with E-state index in [4.69, 9.17) is 18.5 Å². The minimum Gasteiger partial charge on any atom is -0.394 e. The second-order valence-corrected chi connectivity index (χ2v) is 12.7. The Kier molecular flexibility index (Phi) is 9.34. The van der Waals surface area contributed by atoms with Gasteiger partial charge in [0.15, 0.2) is 5.85 Å². The molecule has 16 nitrogen and oxygen atoms in total. The van der Waals surface area contributed by atoms with Gasteiger partial charge in [-0.25, -0.2) is 9.59 Å². The number of aromatic amines is 2. The van der Waals surface area contributed by atoms with Crippen molar-refractivity contribution in [2.45, 2.75) is 69.4 Å². The molecule has 0 aliphatic carbocycles. The summed E-state index contributed by atoms with van der Waals surface area (Å²) in [5.74, 6) is -1.81. The first kappa shape index (κ1) is 31.9. The van der Waals surface area contributed by atoms with Crippen molar-refractivity contribution in [3.8, 4) is 0 Å². The SMILES string of the molecule is Cc1cn([C@H]2C[C@H](OP(=O)(OC[C@H]3O[C@@H](n4cc(C)c(=O)[nH]c4=O)C[C@@H]3O)C(O)c3ccccc3)[C@@H](CO)O2)c(=O)[nH]c1=O. The summed E-state index contributed by atoms with van der Waals surface area (Å²) < 4.78 is 39.8. The van der Waals surface area contributed by atoms with Crippen molar-refractivity contribution >= 4 is 7.60 Å². The summed E-state index contributed by atoms with van der Waals surface area (Å²) in [6.45, 7) is 1.87. The minimum absolute atomic E-state index is 0.0517. The van der Waals surface area contributed by atoms with Crippen molar-refractivity contribution in [2.24, 2.45) is 0 Å². The van der Waals surface area contributed by atoms with Gasteiger partial charge in [0, 0.05) is 36.4 Å². The zero-order valence-electron chi connectivity index (χ0n) is 23.8. The first-order chi connectivity index (χ1) is 20.9. The van der Waals surface area contributed by atoms with Crippen LogP contribution in [0.25, 0.3) is 0 Å². The molecule has 0 amide bonds. The summed E-state index contributed by atoms with van der Waals surface area (Å²) in [6, 6.07) is 7.92. The van der Waals surface area contributed by atoms with E-state index in [-0.39, 0.29) is 29.5 Å². The fourth-order valence-electron chi connectivity index (χ4n) is 5.11. The highest BCUT2D eigenvalue weighted by Crippen LogP contribution is 2.62. The molecule has 0 saturated carbocycles. The van der Waals surface area contributed by atoms with E-state index in [0.29, 0.717) is 0 Å². The van der Waals surface area contributed by atoms with E-state index in [0.717, 1.165) is 9.13 Å². The standard InChI is InChI=1S/C27H33N4O12P/c1-14-10-30(26(37)28-23(14)34)21-8-17(33)20(42-21)13-40-44(39,25(36)16-6-4-3-5-7-16)43-18-9-22(41-19(18)12-32)31-11-15(2)24(35)29-27(31)38/h3-7,10-11,17-22,25,32-33,36H,8-9,12-13H2,1-2H3,(H,28,34,37)(H,29,35,38)/t17-,18-,19+,20+,21+,22+,25?,44?/m0/s1. The molecule has 238 valence electrons. The zero-order valence-corrected chi connectivity index (χ0v) is 24.7. The van der Waals surface area contributed by atoms with Gasteiger partial charge in [0.05, 0.1) is 19.3 Å². The number of hydrogen-bond donors (Lipinski definition) is 5. The zero-order chi connectivity index (χ0) is 31.8. The molecule has 0 bridgehead atoms. The van der Waals surface area contributed by atoms with Gasteiger partial charge in [0.1, 0.15) is 30.8 Å². The third-order valence-corrected chi connectivity index (χ3v) is 9.55. The Bertz CT molecular complexity index is 1770. The van der Waals surface area contributed by atoms with Crippen LogP contribution in [0.3, 0.4) is 0 Å². The van der Waals surface area contributed by atoms with Crippen molar-refractivity contribution < 1.29 is 38.4 Å². The Hall–Kier alpha value is -3.47. The van der Waals surface area contributed by atoms with Crippen LogP contribution in [0.15, 0.2) is 61.9 Å². The van der Waals surface area contributed by atoms with Gasteiger partial charge in [0.25, 0.3) is 11.1 Å². The van der Waals surface area contributed by atoms with Crippen LogP contribution in [0.1, 0.15) is 47.8 Å². The van der Waals surface area contributed by atoms with Crippen molar-refractivity contribution in [1.29, 1.82) is 0 Å². The number of aliphatic hydroxyl groups excluding tert-OH is 3. The number of aryl methyl sites for hydroxylation is 2. The Balaban J connectivity index is 1.38. The van der Waals surface area contributed by atoms with Gasteiger partial charge in [-0.3, -0.25) is 33.3 Å². The van der Waals surface area contributed by atoms with Crippen LogP contribution in [-0.2, 0) is 23.1 Å². The van der Waals surface area contributed by atoms with Crippen LogP contribution in [0.2, 0.25) is 0 Å². The molecule has 4 heterocycles. The van der Waals surface area contributed by atoms with Crippen LogP contribution in [0.5, 0.6) is 0 Å². The van der Waals surface area contributed by atoms with E-state index in [1.165, 1.54) is 38.4 Å². The van der Waals surface area contributed by atoms with E-state index < -0.39 is 86.0 Å². The number of aliphatic hydroxyl groups is 3. The molecular weight excluding hydrogens is 603 g/mol. The maximum absolute atomic E-state index is 14.3. The molecule has 2 saturated heterocycles. The second kappa shape index (κ2) is 12.9. The van der Waals surface area contributed by atoms with Crippen LogP contribution < -0.4 is 22.5 Å². The van der Waals surface area contributed by atoms with Crippen LogP contribution in [0.4, 0.5) is 0 Å². The normalized spacial score (nSPS) is 27.3. The number of nitrogens with zero attached hydrogens (tertiary/aromatic N) is 2. The number of nitrogens with one attached hydrogen (secondary N) is 2. The minimum atomic E-state index is -4.56. The highest BCUT2D eigenvalue weighted by Gasteiger charge is 2.47. The van der Waals surface area contributed by atoms with Crippen LogP contribution in [0, 0.1) is 13.8 Å². The number of rotatable bonds is 10. The van der Waals surface area contributed by atoms with Crippen LogP contribution in [-0.4, -0.2) is 72.1 Å². The van der Waals surface area contributed by atoms with Crippen LogP contribution >= 0.6 is 7.60 Å². The molecular formula is C27H33N4O12P. The number of H-pyrrole nitrogens is 2. The van der Waals surface area contributed by atoms with Gasteiger partial charge in [-0.15, -0.1) is 0 Å². The quantitative estimate of drug-likeness (QED) is 0.184. The van der Waals surface area contributed by atoms with E-state index in [1.807, 2.05) is 0 Å². The molecule has 2 aliphatic rings. The molecule has 2 aromatic heterocycles. The Morgan fingerprint density at radius 2 is 1.48 bits per heavy atom. The largest absolute Gasteiger partial charge is 0.394 e. The maximum atomic E-state index is 14.3. The summed E-state index contributed by atoms with van der Waals surface area (Å²) >= 11 is 0. The molecule has 0 spiro atoms. The first-order valence-electron chi connectivity index (χ1n) is 13.8. The van der Waals surface area contributed by atoms with Crippen molar-refractivity contribution in [1.82, 2.24) is 19.1 Å². The molecule has 5 rings (SSSR count). The summed E-state index contributed by atoms with van der Waals surface area (Å²) in [5.41, 5.74) is -1.95. The lowest BCUT2D eigenvalue weighted by atomic mass is 10.2. The molecule has 2 fully saturated rings. The molecule has 1 aromatic carbocycles. The van der Waals surface area contributed by atoms with Crippen molar-refractivity contribution in [2.75, 3.05) is 13.2 Å². The van der Waals surface area contributed by atoms with Gasteiger partial charge < -0.3 is 33.8 Å². The predicted molar refractivity (Wildman–Crippen MR) is 152 cm³/mol. The molecule has 0 radical (unpaired) electrons. The predicted octanol–water partition coefficient (Wildman–Crippen LogP) is -0.0822. The molecule has 3 aromatic rings. The molecule has 2 aliphatic heterocycles. The third-order valence-electron chi connectivity index (χ3n) is 7.58. The Morgan fingerprint density at radius 3 is 2.05 bits per heavy atom. The summed E-state index contributed by atoms with van der Waals surface area (Å²) in [7, 11) is -4.56. The molecule has 2 unspecified atom stereocenters. The number of ether oxygens (including phenoxy) is 2. The lowest BCUT2D eigenvalue weighted by molar-refractivity contribution is -0.0552. The molecule has 17 heteroatoms. The van der Waals surface area contributed by atoms with Gasteiger partial charge in [-0.05, 0) is 19.4 Å². The smallest absolute Gasteiger partial charge is 0.363 e. The average Bonchev–Trinajstić information content (AvgIpc) is 3.58. The van der Waals surface area contributed by atoms with E-state index >= 15 is 0 Å². The van der Waals surface area contributed by atoms with E-state index in [2.05, 4.69) is 9.97 Å². The lowest BCUT2D eigenvalue weighted by Crippen LogP contribution is -2.33. The Labute approximate surface area is 249 Å². The fraction of sp³-hybridized carbons (Fsp3) is 0.481. The van der Waals surface area contributed by atoms with Gasteiger partial charge in [-0.2, -0.15) is 0 Å². The topological polar surface area (TPSA) is 224 Å². The maximum Gasteiger partial charge on any atom is 0.363 e. The summed E-state index contributed by atoms with van der Waals surface area (Å²) in [4.78, 5) is 52.7. The Morgan fingerprint density at radius 1 is 0.932 bits per heavy atom. The second-order valence-electron chi connectivity index (χ2n) is 10.7. The number of benzene rings is 1. The number of hydrogen-bond acceptors (Lipinski definition) is 12. The van der Waals surface area contributed by atoms with E-state index in [1.54, 1.807) is 18.2 Å². The first-order valence-corrected chi connectivity index (χ1v) is 15.4. The molecule has 8 atom stereocenters. The molecule has 44 heavy (non-hydrogen) atoms. The summed E-state index contributed by atoms with van der Waals surface area (Å²) in [6.07, 6.45) is -4.06. The highest BCUT2D eigenvalue weighted by molar-refractivity contribution is 7.54.